The minimum Gasteiger partial charge on any atom is -0.301 e. The Labute approximate surface area is 183 Å². The Morgan fingerprint density at radius 3 is 0.594 bits per heavy atom. The number of hydrogen-bond donors (Lipinski definition) is 0. The Kier molecular flexibility index (Phi) is 2.42. The van der Waals surface area contributed by atoms with Crippen LogP contribution in [0.3, 0.4) is 0 Å². The van der Waals surface area contributed by atoms with Crippen LogP contribution in [-0.4, -0.2) is 0 Å². The van der Waals surface area contributed by atoms with E-state index in [1.807, 2.05) is 48.5 Å². The predicted octanol–water partition coefficient (Wildman–Crippen LogP) is 4.93. The van der Waals surface area contributed by atoms with Crippen LogP contribution in [0.5, 0.6) is 0 Å². The van der Waals surface area contributed by atoms with Gasteiger partial charge in [0.2, 0.25) is 23.1 Å². The van der Waals surface area contributed by atoms with Crippen LogP contribution in [0.1, 0.15) is 44.5 Å². The van der Waals surface area contributed by atoms with Gasteiger partial charge in [0, 0.05) is 44.5 Å². The molecule has 0 N–H and O–H groups in total. The van der Waals surface area contributed by atoms with Crippen molar-refractivity contribution in [3.05, 3.63) is 142 Å². The molecule has 4 aromatic carbocycles. The van der Waals surface area contributed by atoms with Crippen molar-refractivity contribution in [2.24, 2.45) is 0 Å². The third-order valence-electron chi connectivity index (χ3n) is 7.69. The normalized spacial score (nSPS) is 35.5. The monoisotopic (exact) mass is 416 g/mol. The molecule has 0 saturated heterocycles. The number of ether oxygens (including phenoxy) is 4. The summed E-state index contributed by atoms with van der Waals surface area (Å²) in [6.07, 6.45) is 0. The smallest absolute Gasteiger partial charge is 0.229 e. The molecule has 1 aliphatic carbocycles. The van der Waals surface area contributed by atoms with Crippen LogP contribution in [0.25, 0.3) is 0 Å². The van der Waals surface area contributed by atoms with E-state index in [0.717, 1.165) is 44.5 Å². The summed E-state index contributed by atoms with van der Waals surface area (Å²) in [4.78, 5) is 0. The van der Waals surface area contributed by atoms with Gasteiger partial charge in [-0.25, -0.2) is 0 Å². The summed E-state index contributed by atoms with van der Waals surface area (Å²) in [5.41, 5.74) is 7.70. The maximum Gasteiger partial charge on any atom is 0.229 e. The van der Waals surface area contributed by atoms with Gasteiger partial charge in [0.05, 0.1) is 0 Å². The fraction of sp³-hybridized carbons (Fsp3) is 0.143. The van der Waals surface area contributed by atoms with E-state index in [2.05, 4.69) is 48.5 Å². The van der Waals surface area contributed by atoms with Crippen LogP contribution in [0.15, 0.2) is 97.1 Å². The standard InChI is InChI=1S/C28H16O4/c1-2-10-18-17(9-1)25-19-11-3-4-12-20(19)27(30-25)23-15-7-8-16-24(23)28(32-27)22-14-6-5-13-21(22)26(18,29-25)31-28/h1-16H. The summed E-state index contributed by atoms with van der Waals surface area (Å²) in [5.74, 6) is -4.52. The van der Waals surface area contributed by atoms with Crippen molar-refractivity contribution in [2.75, 3.05) is 0 Å². The van der Waals surface area contributed by atoms with Crippen molar-refractivity contribution in [3.8, 4) is 0 Å². The molecule has 0 unspecified atom stereocenters. The highest BCUT2D eigenvalue weighted by atomic mass is 16.9. The third-order valence-corrected chi connectivity index (χ3v) is 7.69. The van der Waals surface area contributed by atoms with Crippen LogP contribution >= 0.6 is 0 Å². The van der Waals surface area contributed by atoms with E-state index in [9.17, 15) is 0 Å². The Balaban J connectivity index is 1.56. The average molecular weight is 416 g/mol. The van der Waals surface area contributed by atoms with Gasteiger partial charge in [0.15, 0.2) is 0 Å². The molecule has 152 valence electrons. The molecule has 0 fully saturated rings. The quantitative estimate of drug-likeness (QED) is 0.408. The van der Waals surface area contributed by atoms with Gasteiger partial charge >= 0.3 is 0 Å². The topological polar surface area (TPSA) is 36.9 Å². The molecule has 0 radical (unpaired) electrons. The van der Waals surface area contributed by atoms with Crippen molar-refractivity contribution in [1.29, 1.82) is 0 Å². The van der Waals surface area contributed by atoms with Gasteiger partial charge in [-0.2, -0.15) is 0 Å². The van der Waals surface area contributed by atoms with Crippen LogP contribution in [0.2, 0.25) is 0 Å². The lowest BCUT2D eigenvalue weighted by Crippen LogP contribution is -2.43. The van der Waals surface area contributed by atoms with E-state index in [-0.39, 0.29) is 0 Å². The number of rotatable bonds is 0. The van der Waals surface area contributed by atoms with Crippen LogP contribution in [-0.2, 0) is 42.1 Å². The molecule has 32 heavy (non-hydrogen) atoms. The lowest BCUT2D eigenvalue weighted by molar-refractivity contribution is -0.454. The molecule has 0 amide bonds. The molecule has 4 aliphatic heterocycles. The van der Waals surface area contributed by atoms with Gasteiger partial charge in [-0.1, -0.05) is 97.1 Å². The predicted molar refractivity (Wildman–Crippen MR) is 113 cm³/mol. The summed E-state index contributed by atoms with van der Waals surface area (Å²) >= 11 is 0. The van der Waals surface area contributed by atoms with Gasteiger partial charge in [-0.3, -0.25) is 0 Å². The Morgan fingerprint density at radius 1 is 0.281 bits per heavy atom. The molecule has 0 aromatic heterocycles. The third kappa shape index (κ3) is 1.39. The van der Waals surface area contributed by atoms with Gasteiger partial charge in [0.1, 0.15) is 0 Å². The number of hydrogen-bond acceptors (Lipinski definition) is 4. The lowest BCUT2D eigenvalue weighted by Gasteiger charge is -2.38. The second-order valence-corrected chi connectivity index (χ2v) is 9.06. The zero-order valence-electron chi connectivity index (χ0n) is 16.9. The maximum atomic E-state index is 7.06. The summed E-state index contributed by atoms with van der Waals surface area (Å²) < 4.78 is 28.2. The van der Waals surface area contributed by atoms with E-state index in [1.54, 1.807) is 0 Å². The lowest BCUT2D eigenvalue weighted by atomic mass is 9.86. The van der Waals surface area contributed by atoms with E-state index in [4.69, 9.17) is 18.9 Å². The molecule has 0 saturated carbocycles. The molecule has 4 heteroatoms. The van der Waals surface area contributed by atoms with Crippen molar-refractivity contribution in [2.45, 2.75) is 23.1 Å². The van der Waals surface area contributed by atoms with Crippen LogP contribution in [0, 0.1) is 0 Å². The van der Waals surface area contributed by atoms with Gasteiger partial charge in [-0.15, -0.1) is 0 Å². The maximum absolute atomic E-state index is 7.06. The van der Waals surface area contributed by atoms with Crippen molar-refractivity contribution < 1.29 is 18.9 Å². The first-order chi connectivity index (χ1) is 15.7. The highest BCUT2D eigenvalue weighted by molar-refractivity contribution is 5.64. The van der Waals surface area contributed by atoms with E-state index in [1.165, 1.54) is 0 Å². The highest BCUT2D eigenvalue weighted by Gasteiger charge is 2.77. The zero-order valence-corrected chi connectivity index (χ0v) is 16.9. The van der Waals surface area contributed by atoms with Crippen molar-refractivity contribution in [3.63, 3.8) is 0 Å². The SMILES string of the molecule is c1ccc2c(c1)C13OC24OC2(OC(O1)(c1ccccc13)c1ccccc12)c1ccccc14. The molecule has 4 aromatic rings. The van der Waals surface area contributed by atoms with Gasteiger partial charge < -0.3 is 18.9 Å². The molecule has 4 nitrogen and oxygen atoms in total. The Morgan fingerprint density at radius 2 is 0.438 bits per heavy atom. The molecular weight excluding hydrogens is 400 g/mol. The van der Waals surface area contributed by atoms with Crippen LogP contribution < -0.4 is 0 Å². The van der Waals surface area contributed by atoms with Gasteiger partial charge in [0.25, 0.3) is 0 Å². The first kappa shape index (κ1) is 16.4. The zero-order chi connectivity index (χ0) is 20.8. The Hall–Kier alpha value is -3.28. The second kappa shape index (κ2) is 4.72. The fourth-order valence-corrected chi connectivity index (χ4v) is 6.58. The largest absolute Gasteiger partial charge is 0.301 e. The molecule has 4 spiro atoms. The molecule has 4 bridgehead atoms. The fourth-order valence-electron chi connectivity index (χ4n) is 6.58. The average Bonchev–Trinajstić information content (AvgIpc) is 3.51. The minimum atomic E-state index is -1.13. The molecule has 0 atom stereocenters. The first-order valence-electron chi connectivity index (χ1n) is 10.9. The van der Waals surface area contributed by atoms with E-state index in [0.29, 0.717) is 0 Å². The second-order valence-electron chi connectivity index (χ2n) is 9.06. The molecule has 4 heterocycles. The van der Waals surface area contributed by atoms with E-state index < -0.39 is 23.1 Å². The Bertz CT molecular complexity index is 1180. The minimum absolute atomic E-state index is 0.963. The van der Waals surface area contributed by atoms with Gasteiger partial charge in [-0.05, 0) is 0 Å². The van der Waals surface area contributed by atoms with Crippen molar-refractivity contribution >= 4 is 0 Å². The first-order valence-corrected chi connectivity index (χ1v) is 10.9. The molecule has 5 aliphatic rings. The molecule has 9 rings (SSSR count). The highest BCUT2D eigenvalue weighted by Crippen LogP contribution is 2.73. The van der Waals surface area contributed by atoms with E-state index >= 15 is 0 Å². The summed E-state index contributed by atoms with van der Waals surface area (Å²) in [6, 6.07) is 32.9. The summed E-state index contributed by atoms with van der Waals surface area (Å²) in [6.45, 7) is 0. The molecular formula is C28H16O4. The van der Waals surface area contributed by atoms with Crippen molar-refractivity contribution in [1.82, 2.24) is 0 Å². The summed E-state index contributed by atoms with van der Waals surface area (Å²) in [5, 5.41) is 0. The van der Waals surface area contributed by atoms with Crippen LogP contribution in [0.4, 0.5) is 0 Å². The summed E-state index contributed by atoms with van der Waals surface area (Å²) in [7, 11) is 0. The number of benzene rings is 4.